The molecule has 0 aliphatic carbocycles. The first-order valence-electron chi connectivity index (χ1n) is 8.24. The summed E-state index contributed by atoms with van der Waals surface area (Å²) < 4.78 is 5.16. The number of hydrogen-bond acceptors (Lipinski definition) is 4. The number of rotatable bonds is 8. The summed E-state index contributed by atoms with van der Waals surface area (Å²) in [6.07, 6.45) is 0.227. The van der Waals surface area contributed by atoms with Gasteiger partial charge in [-0.1, -0.05) is 18.2 Å². The molecule has 1 atom stereocenters. The summed E-state index contributed by atoms with van der Waals surface area (Å²) >= 11 is 1.64. The number of nitrogens with zero attached hydrogens (tertiary/aromatic N) is 1. The Balaban J connectivity index is 2.10. The minimum Gasteiger partial charge on any atom is -0.497 e. The van der Waals surface area contributed by atoms with Crippen molar-refractivity contribution in [3.63, 3.8) is 0 Å². The fraction of sp³-hybridized carbons (Fsp3) is 0.368. The van der Waals surface area contributed by atoms with Crippen molar-refractivity contribution in [1.29, 1.82) is 0 Å². The van der Waals surface area contributed by atoms with Gasteiger partial charge in [-0.3, -0.25) is 9.59 Å². The van der Waals surface area contributed by atoms with Crippen molar-refractivity contribution in [3.05, 3.63) is 52.2 Å². The summed E-state index contributed by atoms with van der Waals surface area (Å²) in [4.78, 5) is 27.3. The molecular weight excluding hydrogens is 336 g/mol. The number of carbonyl (C=O) groups is 2. The second kappa shape index (κ2) is 9.22. The number of thiophene rings is 1. The minimum absolute atomic E-state index is 0.0190. The van der Waals surface area contributed by atoms with E-state index in [0.29, 0.717) is 13.1 Å². The van der Waals surface area contributed by atoms with Crippen molar-refractivity contribution >= 4 is 23.2 Å². The number of hydrogen-bond donors (Lipinski definition) is 1. The quantitative estimate of drug-likeness (QED) is 0.785. The predicted molar refractivity (Wildman–Crippen MR) is 99.6 cm³/mol. The summed E-state index contributed by atoms with van der Waals surface area (Å²) in [6.45, 7) is 4.66. The Kier molecular flexibility index (Phi) is 7.01. The molecule has 0 aliphatic heterocycles. The number of nitrogens with one attached hydrogen (secondary N) is 1. The number of ether oxygens (including phenoxy) is 1. The van der Waals surface area contributed by atoms with Gasteiger partial charge in [-0.25, -0.2) is 0 Å². The third-order valence-corrected chi connectivity index (χ3v) is 4.80. The van der Waals surface area contributed by atoms with Crippen LogP contribution in [0.5, 0.6) is 5.75 Å². The van der Waals surface area contributed by atoms with Crippen LogP contribution in [-0.4, -0.2) is 30.4 Å². The van der Waals surface area contributed by atoms with Crippen molar-refractivity contribution in [2.75, 3.05) is 13.7 Å². The van der Waals surface area contributed by atoms with E-state index >= 15 is 0 Å². The lowest BCUT2D eigenvalue weighted by Gasteiger charge is -2.24. The lowest BCUT2D eigenvalue weighted by atomic mass is 10.0. The largest absolute Gasteiger partial charge is 0.497 e. The van der Waals surface area contributed by atoms with Crippen LogP contribution in [0.4, 0.5) is 0 Å². The van der Waals surface area contributed by atoms with Gasteiger partial charge in [-0.05, 0) is 36.1 Å². The predicted octanol–water partition coefficient (Wildman–Crippen LogP) is 3.37. The minimum atomic E-state index is -0.353. The molecule has 2 aromatic rings. The van der Waals surface area contributed by atoms with Crippen LogP contribution in [0, 0.1) is 0 Å². The molecule has 1 unspecified atom stereocenters. The van der Waals surface area contributed by atoms with Crippen molar-refractivity contribution < 1.29 is 14.3 Å². The highest BCUT2D eigenvalue weighted by Crippen LogP contribution is 2.22. The Morgan fingerprint density at radius 1 is 1.24 bits per heavy atom. The van der Waals surface area contributed by atoms with Gasteiger partial charge >= 0.3 is 0 Å². The molecule has 0 bridgehead atoms. The van der Waals surface area contributed by atoms with Gasteiger partial charge in [0.1, 0.15) is 5.75 Å². The molecular formula is C19H24N2O3S. The number of amides is 2. The summed E-state index contributed by atoms with van der Waals surface area (Å²) in [5, 5.41) is 4.88. The van der Waals surface area contributed by atoms with E-state index in [0.717, 1.165) is 16.2 Å². The maximum absolute atomic E-state index is 12.7. The van der Waals surface area contributed by atoms with Crippen LogP contribution in [0.15, 0.2) is 41.8 Å². The van der Waals surface area contributed by atoms with E-state index in [2.05, 4.69) is 5.32 Å². The Morgan fingerprint density at radius 2 is 1.96 bits per heavy atom. The van der Waals surface area contributed by atoms with E-state index in [9.17, 15) is 9.59 Å². The first-order valence-corrected chi connectivity index (χ1v) is 9.12. The van der Waals surface area contributed by atoms with Crippen LogP contribution in [-0.2, 0) is 16.1 Å². The number of benzene rings is 1. The van der Waals surface area contributed by atoms with E-state index in [-0.39, 0.29) is 24.3 Å². The SMILES string of the molecule is CCN(Cc1cccs1)C(=O)CC(NC(C)=O)c1ccc(OC)cc1. The average Bonchev–Trinajstić information content (AvgIpc) is 3.11. The van der Waals surface area contributed by atoms with Crippen molar-refractivity contribution in [2.45, 2.75) is 32.9 Å². The third kappa shape index (κ3) is 5.60. The van der Waals surface area contributed by atoms with E-state index in [4.69, 9.17) is 4.74 Å². The number of methoxy groups -OCH3 is 1. The molecule has 0 spiro atoms. The first kappa shape index (κ1) is 19.0. The van der Waals surface area contributed by atoms with Crippen LogP contribution >= 0.6 is 11.3 Å². The van der Waals surface area contributed by atoms with Crippen LogP contribution in [0.2, 0.25) is 0 Å². The summed E-state index contributed by atoms with van der Waals surface area (Å²) in [7, 11) is 1.60. The van der Waals surface area contributed by atoms with Gasteiger partial charge in [0.15, 0.2) is 0 Å². The Hall–Kier alpha value is -2.34. The van der Waals surface area contributed by atoms with Gasteiger partial charge in [0.25, 0.3) is 0 Å². The second-order valence-corrected chi connectivity index (χ2v) is 6.75. The van der Waals surface area contributed by atoms with E-state index in [1.54, 1.807) is 18.4 Å². The molecule has 0 saturated carbocycles. The van der Waals surface area contributed by atoms with Gasteiger partial charge in [0.2, 0.25) is 11.8 Å². The fourth-order valence-corrected chi connectivity index (χ4v) is 3.32. The maximum Gasteiger partial charge on any atom is 0.225 e. The van der Waals surface area contributed by atoms with Crippen LogP contribution < -0.4 is 10.1 Å². The molecule has 25 heavy (non-hydrogen) atoms. The molecule has 0 aliphatic rings. The molecule has 0 fully saturated rings. The van der Waals surface area contributed by atoms with Gasteiger partial charge in [0.05, 0.1) is 26.1 Å². The zero-order chi connectivity index (χ0) is 18.2. The van der Waals surface area contributed by atoms with Gasteiger partial charge < -0.3 is 15.0 Å². The van der Waals surface area contributed by atoms with Crippen molar-refractivity contribution in [3.8, 4) is 5.75 Å². The molecule has 1 aromatic heterocycles. The average molecular weight is 360 g/mol. The molecule has 6 heteroatoms. The topological polar surface area (TPSA) is 58.6 Å². The maximum atomic E-state index is 12.7. The van der Waals surface area contributed by atoms with E-state index in [1.165, 1.54) is 6.92 Å². The lowest BCUT2D eigenvalue weighted by Crippen LogP contribution is -2.35. The summed E-state index contributed by atoms with van der Waals surface area (Å²) in [5.74, 6) is 0.602. The molecule has 0 radical (unpaired) electrons. The Bertz CT molecular complexity index is 683. The van der Waals surface area contributed by atoms with Crippen LogP contribution in [0.1, 0.15) is 36.8 Å². The molecule has 2 rings (SSSR count). The molecule has 1 N–H and O–H groups in total. The van der Waals surface area contributed by atoms with E-state index < -0.39 is 0 Å². The zero-order valence-electron chi connectivity index (χ0n) is 14.8. The molecule has 5 nitrogen and oxygen atoms in total. The first-order chi connectivity index (χ1) is 12.0. The standard InChI is InChI=1S/C19H24N2O3S/c1-4-21(13-17-6-5-11-25-17)19(23)12-18(20-14(2)22)15-7-9-16(24-3)10-8-15/h5-11,18H,4,12-13H2,1-3H3,(H,20,22). The smallest absolute Gasteiger partial charge is 0.225 e. The highest BCUT2D eigenvalue weighted by atomic mass is 32.1. The van der Waals surface area contributed by atoms with Gasteiger partial charge in [0, 0.05) is 18.3 Å². The molecule has 2 amide bonds. The fourth-order valence-electron chi connectivity index (χ4n) is 2.60. The van der Waals surface area contributed by atoms with Crippen molar-refractivity contribution in [1.82, 2.24) is 10.2 Å². The third-order valence-electron chi connectivity index (χ3n) is 3.94. The lowest BCUT2D eigenvalue weighted by molar-refractivity contribution is -0.132. The van der Waals surface area contributed by atoms with E-state index in [1.807, 2.05) is 53.6 Å². The number of carbonyl (C=O) groups excluding carboxylic acids is 2. The molecule has 0 saturated heterocycles. The van der Waals surface area contributed by atoms with Crippen LogP contribution in [0.3, 0.4) is 0 Å². The normalized spacial score (nSPS) is 11.6. The summed E-state index contributed by atoms with van der Waals surface area (Å²) in [6, 6.07) is 11.1. The monoisotopic (exact) mass is 360 g/mol. The molecule has 1 heterocycles. The van der Waals surface area contributed by atoms with Gasteiger partial charge in [-0.15, -0.1) is 11.3 Å². The van der Waals surface area contributed by atoms with Gasteiger partial charge in [-0.2, -0.15) is 0 Å². The molecule has 134 valence electrons. The molecule has 1 aromatic carbocycles. The highest BCUT2D eigenvalue weighted by Gasteiger charge is 2.21. The summed E-state index contributed by atoms with van der Waals surface area (Å²) in [5.41, 5.74) is 0.886. The second-order valence-electron chi connectivity index (χ2n) is 5.72. The highest BCUT2D eigenvalue weighted by molar-refractivity contribution is 7.09. The van der Waals surface area contributed by atoms with Crippen LogP contribution in [0.25, 0.3) is 0 Å². The Morgan fingerprint density at radius 3 is 2.48 bits per heavy atom. The zero-order valence-corrected chi connectivity index (χ0v) is 15.6. The Labute approximate surface area is 152 Å². The van der Waals surface area contributed by atoms with Crippen molar-refractivity contribution in [2.24, 2.45) is 0 Å².